The molecule has 4 rings (SSSR count). The van der Waals surface area contributed by atoms with Crippen molar-refractivity contribution in [3.05, 3.63) is 34.7 Å². The third-order valence-corrected chi connectivity index (χ3v) is 5.36. The van der Waals surface area contributed by atoms with E-state index >= 15 is 0 Å². The molecule has 0 amide bonds. The topological polar surface area (TPSA) is 77.8 Å². The van der Waals surface area contributed by atoms with E-state index in [0.717, 1.165) is 21.1 Å². The number of hydrogen-bond acceptors (Lipinski definition) is 8. The number of nitrogens with zero attached hydrogens (tertiary/aromatic N) is 4. The van der Waals surface area contributed by atoms with E-state index in [9.17, 15) is 0 Å². The van der Waals surface area contributed by atoms with E-state index in [1.54, 1.807) is 29.7 Å². The molecule has 6 nitrogen and oxygen atoms in total. The summed E-state index contributed by atoms with van der Waals surface area (Å²) in [4.78, 5) is 11.3. The zero-order valence-electron chi connectivity index (χ0n) is 12.7. The fraction of sp³-hybridized carbons (Fsp3) is 0.200. The highest BCUT2D eigenvalue weighted by Gasteiger charge is 2.18. The van der Waals surface area contributed by atoms with Gasteiger partial charge in [-0.2, -0.15) is 0 Å². The monoisotopic (exact) mass is 344 g/mol. The van der Waals surface area contributed by atoms with E-state index in [-0.39, 0.29) is 0 Å². The molecule has 0 atom stereocenters. The fourth-order valence-corrected chi connectivity index (χ4v) is 4.26. The highest BCUT2D eigenvalue weighted by atomic mass is 32.2. The summed E-state index contributed by atoms with van der Waals surface area (Å²) in [7, 11) is 0. The summed E-state index contributed by atoms with van der Waals surface area (Å²) in [6, 6.07) is 3.56. The second-order valence-corrected chi connectivity index (χ2v) is 7.14. The van der Waals surface area contributed by atoms with Gasteiger partial charge in [0, 0.05) is 10.3 Å². The van der Waals surface area contributed by atoms with E-state index in [2.05, 4.69) is 34.0 Å². The van der Waals surface area contributed by atoms with Crippen LogP contribution in [0.25, 0.3) is 21.9 Å². The maximum absolute atomic E-state index is 5.66. The Hall–Kier alpha value is -2.19. The number of rotatable bonds is 3. The molecule has 4 aromatic heterocycles. The fourth-order valence-electron chi connectivity index (χ4n) is 2.22. The minimum absolute atomic E-state index is 0.359. The predicted molar refractivity (Wildman–Crippen MR) is 87.7 cm³/mol. The smallest absolute Gasteiger partial charge is 0.284 e. The number of aromatic nitrogens is 4. The van der Waals surface area contributed by atoms with Gasteiger partial charge in [0.05, 0.1) is 6.26 Å². The second kappa shape index (κ2) is 5.47. The van der Waals surface area contributed by atoms with Crippen LogP contribution in [0.1, 0.15) is 16.3 Å². The molecule has 23 heavy (non-hydrogen) atoms. The van der Waals surface area contributed by atoms with Crippen LogP contribution in [0, 0.1) is 20.8 Å². The average Bonchev–Trinajstić information content (AvgIpc) is 3.20. The lowest BCUT2D eigenvalue weighted by Crippen LogP contribution is -1.91. The maximum Gasteiger partial charge on any atom is 0.284 e. The molecule has 0 bridgehead atoms. The number of thiophene rings is 1. The Labute approximate surface area is 140 Å². The van der Waals surface area contributed by atoms with Crippen molar-refractivity contribution in [1.82, 2.24) is 20.2 Å². The Morgan fingerprint density at radius 1 is 1.13 bits per heavy atom. The third kappa shape index (κ3) is 2.53. The average molecular weight is 344 g/mol. The maximum atomic E-state index is 5.66. The van der Waals surface area contributed by atoms with Gasteiger partial charge in [0.1, 0.15) is 15.7 Å². The molecule has 0 saturated carbocycles. The van der Waals surface area contributed by atoms with E-state index < -0.39 is 0 Å². The van der Waals surface area contributed by atoms with Crippen LogP contribution in [0.4, 0.5) is 0 Å². The lowest BCUT2D eigenvalue weighted by atomic mass is 10.2. The number of aryl methyl sites for hydroxylation is 3. The molecule has 0 saturated heterocycles. The first-order chi connectivity index (χ1) is 11.1. The van der Waals surface area contributed by atoms with Crippen LogP contribution in [0.5, 0.6) is 0 Å². The largest absolute Gasteiger partial charge is 0.459 e. The first-order valence-electron chi connectivity index (χ1n) is 6.91. The van der Waals surface area contributed by atoms with E-state index in [1.807, 2.05) is 6.92 Å². The van der Waals surface area contributed by atoms with Crippen molar-refractivity contribution >= 4 is 33.3 Å². The number of fused-ring (bicyclic) bond motifs is 1. The normalized spacial score (nSPS) is 11.4. The zero-order chi connectivity index (χ0) is 16.0. The van der Waals surface area contributed by atoms with Crippen molar-refractivity contribution < 1.29 is 8.83 Å². The summed E-state index contributed by atoms with van der Waals surface area (Å²) >= 11 is 3.03. The quantitative estimate of drug-likeness (QED) is 0.509. The molecule has 0 unspecified atom stereocenters. The van der Waals surface area contributed by atoms with Crippen molar-refractivity contribution in [2.75, 3.05) is 0 Å². The van der Waals surface area contributed by atoms with Crippen LogP contribution in [-0.2, 0) is 0 Å². The number of hydrogen-bond donors (Lipinski definition) is 0. The van der Waals surface area contributed by atoms with E-state index in [1.165, 1.54) is 22.2 Å². The van der Waals surface area contributed by atoms with Crippen LogP contribution >= 0.6 is 23.1 Å². The molecule has 0 fully saturated rings. The lowest BCUT2D eigenvalue weighted by Gasteiger charge is -2.01. The summed E-state index contributed by atoms with van der Waals surface area (Å²) in [6.45, 7) is 6.06. The molecule has 116 valence electrons. The molecule has 0 aliphatic rings. The molecule has 0 aromatic carbocycles. The number of furan rings is 1. The molecule has 0 N–H and O–H groups in total. The minimum atomic E-state index is 0.359. The Morgan fingerprint density at radius 2 is 2.00 bits per heavy atom. The van der Waals surface area contributed by atoms with Gasteiger partial charge >= 0.3 is 0 Å². The van der Waals surface area contributed by atoms with E-state index in [4.69, 9.17) is 8.83 Å². The van der Waals surface area contributed by atoms with Gasteiger partial charge in [-0.1, -0.05) is 0 Å². The summed E-state index contributed by atoms with van der Waals surface area (Å²) in [5.74, 6) is 1.64. The van der Waals surface area contributed by atoms with Crippen LogP contribution < -0.4 is 0 Å². The highest BCUT2D eigenvalue weighted by Crippen LogP contribution is 2.38. The first kappa shape index (κ1) is 14.4. The molecule has 0 aliphatic carbocycles. The molecular formula is C15H12N4O2S2. The van der Waals surface area contributed by atoms with Gasteiger partial charge in [-0.25, -0.2) is 9.97 Å². The van der Waals surface area contributed by atoms with Crippen molar-refractivity contribution in [1.29, 1.82) is 0 Å². The van der Waals surface area contributed by atoms with Gasteiger partial charge in [-0.3, -0.25) is 0 Å². The summed E-state index contributed by atoms with van der Waals surface area (Å²) in [6.07, 6.45) is 1.57. The lowest BCUT2D eigenvalue weighted by molar-refractivity contribution is 0.447. The van der Waals surface area contributed by atoms with Crippen LogP contribution in [0.3, 0.4) is 0 Å². The Bertz CT molecular complexity index is 989. The Kier molecular flexibility index (Phi) is 3.42. The SMILES string of the molecule is Cc1nc(Sc2nnc(-c3ccco3)o2)c2c(C)c(C)sc2n1. The standard InChI is InChI=1S/C15H12N4O2S2/c1-7-8(2)22-13-11(7)14(17-9(3)16-13)23-15-19-18-12(21-15)10-5-4-6-20-10/h4-6H,1-3H3. The van der Waals surface area contributed by atoms with Crippen LogP contribution in [-0.4, -0.2) is 20.2 Å². The summed E-state index contributed by atoms with van der Waals surface area (Å²) in [5.41, 5.74) is 1.19. The molecule has 0 aliphatic heterocycles. The van der Waals surface area contributed by atoms with Crippen LogP contribution in [0.2, 0.25) is 0 Å². The van der Waals surface area contributed by atoms with Crippen molar-refractivity contribution in [3.8, 4) is 11.7 Å². The van der Waals surface area contributed by atoms with Crippen molar-refractivity contribution in [2.45, 2.75) is 31.0 Å². The first-order valence-corrected chi connectivity index (χ1v) is 8.54. The Balaban J connectivity index is 1.76. The van der Waals surface area contributed by atoms with Crippen molar-refractivity contribution in [3.63, 3.8) is 0 Å². The van der Waals surface area contributed by atoms with Gasteiger partial charge in [0.25, 0.3) is 11.1 Å². The van der Waals surface area contributed by atoms with Crippen LogP contribution in [0.15, 0.2) is 37.5 Å². The van der Waals surface area contributed by atoms with Gasteiger partial charge in [0.15, 0.2) is 5.76 Å². The predicted octanol–water partition coefficient (Wildman–Crippen LogP) is 4.41. The molecule has 0 radical (unpaired) electrons. The van der Waals surface area contributed by atoms with Gasteiger partial charge < -0.3 is 8.83 Å². The molecular weight excluding hydrogens is 332 g/mol. The van der Waals surface area contributed by atoms with Gasteiger partial charge in [-0.05, 0) is 50.2 Å². The third-order valence-electron chi connectivity index (χ3n) is 3.43. The van der Waals surface area contributed by atoms with Gasteiger partial charge in [0.2, 0.25) is 0 Å². The van der Waals surface area contributed by atoms with E-state index in [0.29, 0.717) is 16.9 Å². The second-order valence-electron chi connectivity index (χ2n) is 4.99. The van der Waals surface area contributed by atoms with Crippen molar-refractivity contribution in [2.24, 2.45) is 0 Å². The minimum Gasteiger partial charge on any atom is -0.459 e. The molecule has 8 heteroatoms. The summed E-state index contributed by atoms with van der Waals surface area (Å²) in [5, 5.41) is 10.4. The van der Waals surface area contributed by atoms with Gasteiger partial charge in [-0.15, -0.1) is 21.5 Å². The molecule has 4 aromatic rings. The highest BCUT2D eigenvalue weighted by molar-refractivity contribution is 7.99. The molecule has 0 spiro atoms. The zero-order valence-corrected chi connectivity index (χ0v) is 14.3. The summed E-state index contributed by atoms with van der Waals surface area (Å²) < 4.78 is 10.9. The molecule has 4 heterocycles. The Morgan fingerprint density at radius 3 is 2.78 bits per heavy atom.